The lowest BCUT2D eigenvalue weighted by atomic mass is 9.98. The third kappa shape index (κ3) is 2.13. The van der Waals surface area contributed by atoms with E-state index in [9.17, 15) is 26.7 Å². The maximum atomic E-state index is 13.2. The molecule has 0 aliphatic carbocycles. The number of nitrogens with two attached hydrogens (primary N) is 1. The molecule has 110 valence electrons. The van der Waals surface area contributed by atoms with Gasteiger partial charge in [0, 0.05) is 12.7 Å². The lowest BCUT2D eigenvalue weighted by Crippen LogP contribution is -2.45. The smallest absolute Gasteiger partial charge is 0.319 e. The molecule has 0 spiro atoms. The second-order valence-corrected chi connectivity index (χ2v) is 4.62. The van der Waals surface area contributed by atoms with Crippen LogP contribution in [-0.2, 0) is 11.2 Å². The van der Waals surface area contributed by atoms with Gasteiger partial charge in [-0.3, -0.25) is 4.79 Å². The zero-order valence-electron chi connectivity index (χ0n) is 10.3. The van der Waals surface area contributed by atoms with Crippen molar-refractivity contribution in [3.8, 4) is 0 Å². The van der Waals surface area contributed by atoms with Gasteiger partial charge in [0.2, 0.25) is 5.91 Å². The molecule has 0 aromatic heterocycles. The maximum absolute atomic E-state index is 13.2. The quantitative estimate of drug-likeness (QED) is 0.851. The molecule has 1 heterocycles. The Kier molecular flexibility index (Phi) is 3.24. The highest BCUT2D eigenvalue weighted by Gasteiger charge is 2.61. The first kappa shape index (κ1) is 14.7. The Labute approximate surface area is 111 Å². The van der Waals surface area contributed by atoms with E-state index >= 15 is 0 Å². The van der Waals surface area contributed by atoms with Crippen LogP contribution in [0.1, 0.15) is 17.2 Å². The van der Waals surface area contributed by atoms with Gasteiger partial charge in [-0.2, -0.15) is 22.0 Å². The lowest BCUT2D eigenvalue weighted by molar-refractivity contribution is -0.291. The Morgan fingerprint density at radius 1 is 1.25 bits per heavy atom. The Hall–Kier alpha value is -1.70. The van der Waals surface area contributed by atoms with Gasteiger partial charge in [-0.15, -0.1) is 0 Å². The number of fused-ring (bicyclic) bond motifs is 1. The monoisotopic (exact) mass is 294 g/mol. The molecule has 1 atom stereocenters. The van der Waals surface area contributed by atoms with Crippen molar-refractivity contribution >= 4 is 11.6 Å². The van der Waals surface area contributed by atoms with Gasteiger partial charge >= 0.3 is 12.1 Å². The van der Waals surface area contributed by atoms with Crippen LogP contribution >= 0.6 is 0 Å². The molecule has 20 heavy (non-hydrogen) atoms. The second kappa shape index (κ2) is 4.41. The standard InChI is InChI=1S/C12H11F5N2O/c1-19-8-3-2-6(4-7(8)5-9(19)20)10(18)11(13,14)12(15,16)17/h2-4,10H,5,18H2,1H3. The third-order valence-corrected chi connectivity index (χ3v) is 3.31. The van der Waals surface area contributed by atoms with Crippen molar-refractivity contribution in [2.24, 2.45) is 5.73 Å². The summed E-state index contributed by atoms with van der Waals surface area (Å²) in [6.45, 7) is 0. The summed E-state index contributed by atoms with van der Waals surface area (Å²) in [5, 5.41) is 0. The van der Waals surface area contributed by atoms with E-state index in [-0.39, 0.29) is 17.9 Å². The lowest BCUT2D eigenvalue weighted by Gasteiger charge is -2.26. The van der Waals surface area contributed by atoms with Gasteiger partial charge in [0.05, 0.1) is 6.42 Å². The van der Waals surface area contributed by atoms with Crippen LogP contribution in [-0.4, -0.2) is 25.1 Å². The number of carbonyl (C=O) groups is 1. The van der Waals surface area contributed by atoms with Crippen LogP contribution in [0.25, 0.3) is 0 Å². The minimum Gasteiger partial charge on any atom is -0.319 e. The van der Waals surface area contributed by atoms with Crippen LogP contribution in [0.2, 0.25) is 0 Å². The van der Waals surface area contributed by atoms with Crippen molar-refractivity contribution in [3.05, 3.63) is 29.3 Å². The summed E-state index contributed by atoms with van der Waals surface area (Å²) in [5.41, 5.74) is 5.58. The first-order valence-corrected chi connectivity index (χ1v) is 5.65. The van der Waals surface area contributed by atoms with Crippen molar-refractivity contribution in [3.63, 3.8) is 0 Å². The summed E-state index contributed by atoms with van der Waals surface area (Å²) >= 11 is 0. The fraction of sp³-hybridized carbons (Fsp3) is 0.417. The van der Waals surface area contributed by atoms with Crippen LogP contribution in [0.3, 0.4) is 0 Å². The molecule has 2 N–H and O–H groups in total. The first-order chi connectivity index (χ1) is 9.05. The predicted molar refractivity (Wildman–Crippen MR) is 61.5 cm³/mol. The Bertz CT molecular complexity index is 555. The van der Waals surface area contributed by atoms with Crippen LogP contribution < -0.4 is 10.6 Å². The number of hydrogen-bond donors (Lipinski definition) is 1. The van der Waals surface area contributed by atoms with Gasteiger partial charge in [-0.25, -0.2) is 0 Å². The number of amides is 1. The molecule has 1 amide bonds. The average Bonchev–Trinajstić information content (AvgIpc) is 2.62. The van der Waals surface area contributed by atoms with Crippen LogP contribution in [0, 0.1) is 0 Å². The molecule has 1 aromatic carbocycles. The van der Waals surface area contributed by atoms with E-state index in [1.54, 1.807) is 0 Å². The fourth-order valence-corrected chi connectivity index (χ4v) is 2.07. The minimum absolute atomic E-state index is 0.0377. The topological polar surface area (TPSA) is 46.3 Å². The fourth-order valence-electron chi connectivity index (χ4n) is 2.07. The number of hydrogen-bond acceptors (Lipinski definition) is 2. The van der Waals surface area contributed by atoms with E-state index in [4.69, 9.17) is 5.73 Å². The molecule has 1 aliphatic rings. The third-order valence-electron chi connectivity index (χ3n) is 3.31. The first-order valence-electron chi connectivity index (χ1n) is 5.65. The van der Waals surface area contributed by atoms with E-state index < -0.39 is 18.1 Å². The molecule has 1 unspecified atom stereocenters. The second-order valence-electron chi connectivity index (χ2n) is 4.62. The SMILES string of the molecule is CN1C(=O)Cc2cc(C(N)C(F)(F)C(F)(F)F)ccc21. The van der Waals surface area contributed by atoms with Gasteiger partial charge < -0.3 is 10.6 Å². The summed E-state index contributed by atoms with van der Waals surface area (Å²) < 4.78 is 63.2. The zero-order valence-corrected chi connectivity index (χ0v) is 10.3. The summed E-state index contributed by atoms with van der Waals surface area (Å²) in [6, 6.07) is 1.02. The highest BCUT2D eigenvalue weighted by molar-refractivity contribution is 6.00. The number of alkyl halides is 5. The minimum atomic E-state index is -5.72. The molecule has 1 aromatic rings. The van der Waals surface area contributed by atoms with Crippen molar-refractivity contribution in [2.45, 2.75) is 24.6 Å². The molecule has 0 radical (unpaired) electrons. The largest absolute Gasteiger partial charge is 0.455 e. The molecule has 0 saturated carbocycles. The van der Waals surface area contributed by atoms with Crippen molar-refractivity contribution in [2.75, 3.05) is 11.9 Å². The van der Waals surface area contributed by atoms with E-state index in [0.29, 0.717) is 11.3 Å². The van der Waals surface area contributed by atoms with E-state index in [1.807, 2.05) is 0 Å². The normalized spacial score (nSPS) is 17.4. The molecule has 0 fully saturated rings. The predicted octanol–water partition coefficient (Wildman–Crippen LogP) is 2.40. The number of nitrogens with zero attached hydrogens (tertiary/aromatic N) is 1. The Balaban J connectivity index is 2.37. The summed E-state index contributed by atoms with van der Waals surface area (Å²) in [4.78, 5) is 12.7. The van der Waals surface area contributed by atoms with E-state index in [2.05, 4.69) is 0 Å². The van der Waals surface area contributed by atoms with Gasteiger partial charge in [0.1, 0.15) is 6.04 Å². The van der Waals surface area contributed by atoms with E-state index in [0.717, 1.165) is 12.1 Å². The number of benzene rings is 1. The zero-order chi connectivity index (χ0) is 15.3. The van der Waals surface area contributed by atoms with E-state index in [1.165, 1.54) is 18.0 Å². The van der Waals surface area contributed by atoms with Crippen molar-refractivity contribution < 1.29 is 26.7 Å². The van der Waals surface area contributed by atoms with Gasteiger partial charge in [0.25, 0.3) is 0 Å². The highest BCUT2D eigenvalue weighted by Crippen LogP contribution is 2.44. The number of rotatable bonds is 2. The number of anilines is 1. The molecular weight excluding hydrogens is 283 g/mol. The van der Waals surface area contributed by atoms with Gasteiger partial charge in [0.15, 0.2) is 0 Å². The summed E-state index contributed by atoms with van der Waals surface area (Å²) in [5.74, 6) is -5.29. The Morgan fingerprint density at radius 2 is 1.85 bits per heavy atom. The number of halogens is 5. The number of carbonyl (C=O) groups excluding carboxylic acids is 1. The average molecular weight is 294 g/mol. The van der Waals surface area contributed by atoms with Crippen LogP contribution in [0.4, 0.5) is 27.6 Å². The Morgan fingerprint density at radius 3 is 2.40 bits per heavy atom. The maximum Gasteiger partial charge on any atom is 0.455 e. The summed E-state index contributed by atoms with van der Waals surface area (Å²) in [6.07, 6.45) is -5.76. The molecule has 0 bridgehead atoms. The molecule has 2 rings (SSSR count). The molecule has 3 nitrogen and oxygen atoms in total. The van der Waals surface area contributed by atoms with Crippen LogP contribution in [0.15, 0.2) is 18.2 Å². The van der Waals surface area contributed by atoms with Gasteiger partial charge in [-0.1, -0.05) is 12.1 Å². The summed E-state index contributed by atoms with van der Waals surface area (Å²) in [7, 11) is 1.50. The molecular formula is C12H11F5N2O. The highest BCUT2D eigenvalue weighted by atomic mass is 19.4. The van der Waals surface area contributed by atoms with Crippen LogP contribution in [0.5, 0.6) is 0 Å². The van der Waals surface area contributed by atoms with Crippen molar-refractivity contribution in [1.82, 2.24) is 0 Å². The van der Waals surface area contributed by atoms with Crippen molar-refractivity contribution in [1.29, 1.82) is 0 Å². The van der Waals surface area contributed by atoms with Gasteiger partial charge in [-0.05, 0) is 17.2 Å². The molecule has 1 aliphatic heterocycles. The molecule has 0 saturated heterocycles. The number of likely N-dealkylation sites (N-methyl/N-ethyl adjacent to an activating group) is 1. The molecule has 8 heteroatoms.